The molecule has 0 radical (unpaired) electrons. The molecule has 2 bridgehead atoms. The lowest BCUT2D eigenvalue weighted by Crippen LogP contribution is -2.61. The molecule has 5 N–H and O–H groups in total. The van der Waals surface area contributed by atoms with E-state index in [1.54, 1.807) is 48.5 Å². The van der Waals surface area contributed by atoms with Crippen molar-refractivity contribution in [3.63, 3.8) is 0 Å². The zero-order valence-electron chi connectivity index (χ0n) is 29.3. The number of piperidine rings is 1. The van der Waals surface area contributed by atoms with Gasteiger partial charge in [-0.05, 0) is 85.4 Å². The first-order chi connectivity index (χ1) is 25.5. The molecule has 3 aliphatic rings. The van der Waals surface area contributed by atoms with Crippen LogP contribution in [0.3, 0.4) is 0 Å². The first kappa shape index (κ1) is 40.9. The van der Waals surface area contributed by atoms with Gasteiger partial charge in [0.15, 0.2) is 12.1 Å². The molecule has 2 heterocycles. The van der Waals surface area contributed by atoms with Crippen LogP contribution in [0.4, 0.5) is 22.0 Å². The Bertz CT molecular complexity index is 1720. The minimum Gasteiger partial charge on any atom is -0.493 e. The van der Waals surface area contributed by atoms with Crippen LogP contribution in [0.1, 0.15) is 75.0 Å². The minimum absolute atomic E-state index is 0.109. The number of hydrogen-bond donors (Lipinski definition) is 4. The van der Waals surface area contributed by atoms with Crippen molar-refractivity contribution >= 4 is 29.4 Å². The van der Waals surface area contributed by atoms with Crippen molar-refractivity contribution in [2.75, 3.05) is 6.61 Å². The maximum Gasteiger partial charge on any atom is 0.490 e. The van der Waals surface area contributed by atoms with E-state index in [0.717, 1.165) is 18.4 Å². The second kappa shape index (κ2) is 17.5. The van der Waals surface area contributed by atoms with E-state index in [1.807, 2.05) is 0 Å². The van der Waals surface area contributed by atoms with Gasteiger partial charge in [0.25, 0.3) is 11.8 Å². The Morgan fingerprint density at radius 3 is 1.87 bits per heavy atom. The van der Waals surface area contributed by atoms with Gasteiger partial charge < -0.3 is 30.9 Å². The van der Waals surface area contributed by atoms with Crippen molar-refractivity contribution in [2.45, 2.75) is 100 Å². The maximum absolute atomic E-state index is 16.5. The van der Waals surface area contributed by atoms with Crippen LogP contribution >= 0.6 is 11.6 Å². The van der Waals surface area contributed by atoms with Gasteiger partial charge in [-0.3, -0.25) is 9.59 Å². The Morgan fingerprint density at radius 2 is 1.35 bits per heavy atom. The smallest absolute Gasteiger partial charge is 0.490 e. The molecular weight excluding hydrogens is 737 g/mol. The lowest BCUT2D eigenvalue weighted by molar-refractivity contribution is -0.192. The number of hydrogen-bond acceptors (Lipinski definition) is 6. The minimum atomic E-state index is -5.08. The van der Waals surface area contributed by atoms with E-state index in [1.165, 1.54) is 48.4 Å². The molecule has 0 spiro atoms. The number of benzene rings is 3. The SMILES string of the molecule is NC1CC2CCC(C1)N2C(=O)[C@H](NC(=O)[C@@H](O)c1ccc(OCC2CCCCC2)cc1)C(F)(F)c1ccc(-c2ccc(Cl)cc2)cc1.O=C(O)C(F)(F)F. The van der Waals surface area contributed by atoms with Crippen LogP contribution in [0.2, 0.25) is 5.02 Å². The first-order valence-corrected chi connectivity index (χ1v) is 18.3. The summed E-state index contributed by atoms with van der Waals surface area (Å²) < 4.78 is 70.6. The number of ether oxygens (including phenoxy) is 1. The quantitative estimate of drug-likeness (QED) is 0.157. The van der Waals surface area contributed by atoms with Crippen molar-refractivity contribution in [2.24, 2.45) is 11.7 Å². The number of carboxylic acids is 1. The van der Waals surface area contributed by atoms with Gasteiger partial charge in [0.1, 0.15) is 5.75 Å². The lowest BCUT2D eigenvalue weighted by atomic mass is 9.90. The summed E-state index contributed by atoms with van der Waals surface area (Å²) in [6, 6.07) is 16.1. The van der Waals surface area contributed by atoms with Gasteiger partial charge in [0.05, 0.1) is 6.61 Å². The van der Waals surface area contributed by atoms with Crippen LogP contribution in [-0.2, 0) is 20.3 Å². The maximum atomic E-state index is 16.5. The van der Waals surface area contributed by atoms with Gasteiger partial charge in [-0.15, -0.1) is 0 Å². The van der Waals surface area contributed by atoms with Crippen LogP contribution in [-0.4, -0.2) is 69.8 Å². The number of nitrogens with one attached hydrogen (secondary N) is 1. The number of carbonyl (C=O) groups excluding carboxylic acids is 2. The van der Waals surface area contributed by atoms with E-state index >= 15 is 8.78 Å². The Balaban J connectivity index is 0.000000730. The Morgan fingerprint density at radius 1 is 0.833 bits per heavy atom. The van der Waals surface area contributed by atoms with E-state index < -0.39 is 47.6 Å². The fourth-order valence-corrected chi connectivity index (χ4v) is 7.54. The molecule has 2 saturated heterocycles. The van der Waals surface area contributed by atoms with Crippen LogP contribution in [0.5, 0.6) is 5.75 Å². The van der Waals surface area contributed by atoms with Crippen LogP contribution < -0.4 is 15.8 Å². The molecule has 2 aliphatic heterocycles. The van der Waals surface area contributed by atoms with Gasteiger partial charge in [0, 0.05) is 28.7 Å². The number of carbonyl (C=O) groups is 3. The van der Waals surface area contributed by atoms with Crippen molar-refractivity contribution in [1.82, 2.24) is 10.2 Å². The number of aliphatic hydroxyl groups excluding tert-OH is 1. The van der Waals surface area contributed by atoms with Crippen LogP contribution in [0.25, 0.3) is 11.1 Å². The molecule has 3 fully saturated rings. The third kappa shape index (κ3) is 10.1. The monoisotopic (exact) mass is 779 g/mol. The molecule has 2 amide bonds. The summed E-state index contributed by atoms with van der Waals surface area (Å²) in [5.74, 6) is -7.39. The van der Waals surface area contributed by atoms with Gasteiger partial charge in [-0.2, -0.15) is 22.0 Å². The number of nitrogens with two attached hydrogens (primary N) is 1. The van der Waals surface area contributed by atoms with Gasteiger partial charge >= 0.3 is 18.1 Å². The number of halogens is 6. The molecule has 0 aromatic heterocycles. The highest BCUT2D eigenvalue weighted by Crippen LogP contribution is 2.40. The van der Waals surface area contributed by atoms with Gasteiger partial charge in [-0.1, -0.05) is 79.4 Å². The second-order valence-corrected chi connectivity index (χ2v) is 14.5. The van der Waals surface area contributed by atoms with Gasteiger partial charge in [-0.25, -0.2) is 4.79 Å². The Kier molecular flexibility index (Phi) is 13.2. The summed E-state index contributed by atoms with van der Waals surface area (Å²) >= 11 is 5.99. The summed E-state index contributed by atoms with van der Waals surface area (Å²) in [6.07, 6.45) is 1.47. The number of rotatable bonds is 10. The molecule has 292 valence electrons. The molecule has 9 nitrogen and oxygen atoms in total. The van der Waals surface area contributed by atoms with Crippen molar-refractivity contribution in [3.8, 4) is 16.9 Å². The molecule has 6 rings (SSSR count). The molecule has 4 atom stereocenters. The van der Waals surface area contributed by atoms with E-state index in [4.69, 9.17) is 32.0 Å². The number of alkyl halides is 5. The number of amides is 2. The van der Waals surface area contributed by atoms with Crippen molar-refractivity contribution in [3.05, 3.63) is 88.9 Å². The van der Waals surface area contributed by atoms with Crippen molar-refractivity contribution in [1.29, 1.82) is 0 Å². The number of aliphatic hydroxyl groups is 1. The molecule has 2 unspecified atom stereocenters. The molecule has 3 aromatic rings. The van der Waals surface area contributed by atoms with Gasteiger partial charge in [0.2, 0.25) is 0 Å². The second-order valence-electron chi connectivity index (χ2n) is 14.1. The standard InChI is InChI=1S/C37H42ClF2N3O4.C2HF3O2/c38-28-14-8-25(9-15-28)24-6-12-27(13-7-24)37(39,40)34(36(46)43-30-16-17-31(43)21-29(41)20-30)42-35(45)33(44)26-10-18-32(19-11-26)47-22-23-4-2-1-3-5-23;3-2(4,5)1(6)7/h6-15,18-19,23,29-31,33-34,44H,1-5,16-17,20-22,41H2,(H,42,45);(H,6,7)/t29?,30?,31?,33-,34-;/m0./s1. The third-order valence-electron chi connectivity index (χ3n) is 10.3. The Labute approximate surface area is 314 Å². The van der Waals surface area contributed by atoms with E-state index in [2.05, 4.69) is 5.32 Å². The van der Waals surface area contributed by atoms with E-state index in [0.29, 0.717) is 54.5 Å². The molecule has 1 aliphatic carbocycles. The highest BCUT2D eigenvalue weighted by atomic mass is 35.5. The lowest BCUT2D eigenvalue weighted by Gasteiger charge is -2.41. The van der Waals surface area contributed by atoms with E-state index in [-0.39, 0.29) is 23.7 Å². The zero-order valence-corrected chi connectivity index (χ0v) is 30.0. The van der Waals surface area contributed by atoms with E-state index in [9.17, 15) is 27.9 Å². The first-order valence-electron chi connectivity index (χ1n) is 17.9. The predicted octanol–water partition coefficient (Wildman–Crippen LogP) is 7.39. The molecule has 3 aromatic carbocycles. The number of fused-ring (bicyclic) bond motifs is 2. The average Bonchev–Trinajstić information content (AvgIpc) is 3.43. The fourth-order valence-electron chi connectivity index (χ4n) is 7.42. The van der Waals surface area contributed by atoms with Crippen LogP contribution in [0, 0.1) is 5.92 Å². The van der Waals surface area contributed by atoms with Crippen LogP contribution in [0.15, 0.2) is 72.8 Å². The average molecular weight is 780 g/mol. The normalized spacial score (nSPS) is 21.3. The molecular formula is C39H43ClF5N3O6. The number of aliphatic carboxylic acids is 1. The number of nitrogens with zero attached hydrogens (tertiary/aromatic N) is 1. The summed E-state index contributed by atoms with van der Waals surface area (Å²) in [7, 11) is 0. The molecule has 54 heavy (non-hydrogen) atoms. The zero-order chi connectivity index (χ0) is 39.2. The summed E-state index contributed by atoms with van der Waals surface area (Å²) in [5.41, 5.74) is 7.45. The number of carboxylic acid groups (broad SMARTS) is 1. The largest absolute Gasteiger partial charge is 0.493 e. The highest BCUT2D eigenvalue weighted by molar-refractivity contribution is 6.30. The topological polar surface area (TPSA) is 142 Å². The van der Waals surface area contributed by atoms with Crippen molar-refractivity contribution < 1.29 is 51.3 Å². The fraction of sp³-hybridized carbons (Fsp3) is 0.462. The third-order valence-corrected chi connectivity index (χ3v) is 10.5. The molecule has 15 heteroatoms. The summed E-state index contributed by atoms with van der Waals surface area (Å²) in [6.45, 7) is 0.603. The highest BCUT2D eigenvalue weighted by Gasteiger charge is 2.53. The predicted molar refractivity (Wildman–Crippen MR) is 191 cm³/mol. The summed E-state index contributed by atoms with van der Waals surface area (Å²) in [4.78, 5) is 37.8. The summed E-state index contributed by atoms with van der Waals surface area (Å²) in [5, 5.41) is 20.9. The Hall–Kier alpha value is -4.27. The molecule has 1 saturated carbocycles.